The molecule has 0 amide bonds. The first kappa shape index (κ1) is 27.6. The van der Waals surface area contributed by atoms with Crippen LogP contribution in [0.1, 0.15) is 12.0 Å². The van der Waals surface area contributed by atoms with Crippen LogP contribution in [0.15, 0.2) is 65.6 Å². The molecule has 1 fully saturated rings. The number of alkyl halides is 5. The van der Waals surface area contributed by atoms with E-state index in [0.29, 0.717) is 6.07 Å². The number of hydrogen-bond donors (Lipinski definition) is 1. The second-order valence-electron chi connectivity index (χ2n) is 9.30. The van der Waals surface area contributed by atoms with Gasteiger partial charge in [0, 0.05) is 12.0 Å². The van der Waals surface area contributed by atoms with Crippen LogP contribution < -0.4 is 13.8 Å². The molecule has 2 aliphatic rings. The minimum atomic E-state index is -4.82. The third-order valence-corrected chi connectivity index (χ3v) is 8.44. The highest BCUT2D eigenvalue weighted by atomic mass is 32.2. The average Bonchev–Trinajstić information content (AvgIpc) is 3.68. The molecule has 0 spiro atoms. The summed E-state index contributed by atoms with van der Waals surface area (Å²) in [6.07, 6.45) is -5.51. The van der Waals surface area contributed by atoms with Crippen LogP contribution >= 0.6 is 0 Å². The van der Waals surface area contributed by atoms with Crippen molar-refractivity contribution in [3.63, 3.8) is 0 Å². The number of sulfonamides is 1. The van der Waals surface area contributed by atoms with Crippen LogP contribution in [-0.2, 0) is 21.0 Å². The number of rotatable bonds is 7. The van der Waals surface area contributed by atoms with E-state index in [2.05, 4.69) is 4.74 Å². The monoisotopic (exact) mass is 587 g/mol. The van der Waals surface area contributed by atoms with Crippen LogP contribution in [0.2, 0.25) is 0 Å². The fraction of sp³-hybridized carbons (Fsp3) is 0.269. The van der Waals surface area contributed by atoms with E-state index in [-0.39, 0.29) is 29.0 Å². The molecule has 0 bridgehead atoms. The Morgan fingerprint density at radius 1 is 1.05 bits per heavy atom. The van der Waals surface area contributed by atoms with E-state index < -0.39 is 75.3 Å². The minimum absolute atomic E-state index is 0.00736. The number of anilines is 1. The molecule has 3 aromatic rings. The lowest BCUT2D eigenvalue weighted by molar-refractivity contribution is -0.139. The number of carbonyl (C=O) groups is 1. The van der Waals surface area contributed by atoms with Gasteiger partial charge >= 0.3 is 18.8 Å². The number of carboxylic acid groups (broad SMARTS) is 1. The van der Waals surface area contributed by atoms with E-state index in [9.17, 15) is 44.7 Å². The fourth-order valence-corrected chi connectivity index (χ4v) is 6.20. The molecule has 1 saturated carbocycles. The van der Waals surface area contributed by atoms with Gasteiger partial charge in [0.1, 0.15) is 23.4 Å². The van der Waals surface area contributed by atoms with Crippen LogP contribution in [0.25, 0.3) is 11.1 Å². The molecule has 3 atom stereocenters. The lowest BCUT2D eigenvalue weighted by Gasteiger charge is -2.36. The number of halogens is 6. The molecule has 7 nitrogen and oxygen atoms in total. The molecular formula is C26H19F6NO6S. The summed E-state index contributed by atoms with van der Waals surface area (Å²) in [6.45, 7) is -3.64. The predicted octanol–water partition coefficient (Wildman–Crippen LogP) is 5.79. The summed E-state index contributed by atoms with van der Waals surface area (Å²) in [5.74, 6) is -3.81. The molecule has 0 saturated heterocycles. The molecule has 0 aromatic heterocycles. The summed E-state index contributed by atoms with van der Waals surface area (Å²) in [5, 5.41) is 9.34. The van der Waals surface area contributed by atoms with Gasteiger partial charge in [-0.2, -0.15) is 22.0 Å². The van der Waals surface area contributed by atoms with Gasteiger partial charge in [0.2, 0.25) is 0 Å². The third-order valence-electron chi connectivity index (χ3n) is 6.67. The highest BCUT2D eigenvalue weighted by Crippen LogP contribution is 2.48. The van der Waals surface area contributed by atoms with Crippen molar-refractivity contribution >= 4 is 21.7 Å². The second-order valence-corrected chi connectivity index (χ2v) is 11.2. The standard InChI is InChI=1S/C26H19F6NO6S/c27-16-6-14(7-17(10-16)38-25(28)29)13-4-5-22-21(8-13)33(12-23(39-22)19-11-20(19)24(34)35)40(36,37)18-3-1-2-15(9-18)26(30,31)32/h1-10,19-20,23,25H,11-12H2,(H,34,35)/t19-,20-,23?/m0/s1. The van der Waals surface area contributed by atoms with E-state index >= 15 is 0 Å². The van der Waals surface area contributed by atoms with Crippen molar-refractivity contribution in [1.29, 1.82) is 0 Å². The number of nitrogens with zero attached hydrogens (tertiary/aromatic N) is 1. The van der Waals surface area contributed by atoms with Crippen LogP contribution in [0, 0.1) is 17.7 Å². The Bertz CT molecular complexity index is 1580. The number of fused-ring (bicyclic) bond motifs is 1. The molecule has 1 aliphatic carbocycles. The molecule has 1 heterocycles. The summed E-state index contributed by atoms with van der Waals surface area (Å²) in [7, 11) is -4.66. The maximum absolute atomic E-state index is 14.2. The van der Waals surface area contributed by atoms with Crippen molar-refractivity contribution < 1.29 is 54.1 Å². The van der Waals surface area contributed by atoms with Gasteiger partial charge in [-0.05, 0) is 60.0 Å². The van der Waals surface area contributed by atoms with Gasteiger partial charge in [0.25, 0.3) is 10.0 Å². The molecule has 1 aliphatic heterocycles. The molecular weight excluding hydrogens is 568 g/mol. The van der Waals surface area contributed by atoms with Gasteiger partial charge in [-0.1, -0.05) is 12.1 Å². The van der Waals surface area contributed by atoms with Gasteiger partial charge < -0.3 is 14.6 Å². The van der Waals surface area contributed by atoms with Crippen LogP contribution in [0.3, 0.4) is 0 Å². The average molecular weight is 587 g/mol. The first-order valence-corrected chi connectivity index (χ1v) is 13.2. The van der Waals surface area contributed by atoms with Gasteiger partial charge in [0.15, 0.2) is 0 Å². The Balaban J connectivity index is 1.60. The summed E-state index contributed by atoms with van der Waals surface area (Å²) >= 11 is 0. The summed E-state index contributed by atoms with van der Waals surface area (Å²) < 4.78 is 118. The molecule has 1 N–H and O–H groups in total. The summed E-state index contributed by atoms with van der Waals surface area (Å²) in [6, 6.07) is 10.00. The van der Waals surface area contributed by atoms with Crippen molar-refractivity contribution in [2.24, 2.45) is 11.8 Å². The van der Waals surface area contributed by atoms with Gasteiger partial charge in [-0.15, -0.1) is 0 Å². The number of carboxylic acids is 1. The van der Waals surface area contributed by atoms with E-state index in [4.69, 9.17) is 4.74 Å². The van der Waals surface area contributed by atoms with Crippen LogP contribution in [-0.4, -0.2) is 38.8 Å². The Labute approximate surface area is 223 Å². The number of hydrogen-bond acceptors (Lipinski definition) is 5. The normalized spacial score (nSPS) is 20.6. The van der Waals surface area contributed by atoms with Crippen LogP contribution in [0.5, 0.6) is 11.5 Å². The van der Waals surface area contributed by atoms with Crippen molar-refractivity contribution in [3.05, 3.63) is 72.0 Å². The number of aliphatic carboxylic acids is 1. The fourth-order valence-electron chi connectivity index (χ4n) is 4.67. The molecule has 0 radical (unpaired) electrons. The Hall–Kier alpha value is -3.94. The molecule has 14 heteroatoms. The van der Waals surface area contributed by atoms with E-state index in [1.807, 2.05) is 0 Å². The Morgan fingerprint density at radius 3 is 2.45 bits per heavy atom. The SMILES string of the molecule is O=C(O)[C@H]1C[C@@H]1C1CN(S(=O)(=O)c2cccc(C(F)(F)F)c2)c2cc(-c3cc(F)cc(OC(F)F)c3)ccc2O1. The Morgan fingerprint density at radius 2 is 1.80 bits per heavy atom. The summed E-state index contributed by atoms with van der Waals surface area (Å²) in [5.41, 5.74) is -1.09. The largest absolute Gasteiger partial charge is 0.486 e. The molecule has 212 valence electrons. The van der Waals surface area contributed by atoms with Gasteiger partial charge in [0.05, 0.1) is 28.6 Å². The van der Waals surface area contributed by atoms with E-state index in [0.717, 1.165) is 40.7 Å². The Kier molecular flexibility index (Phi) is 6.84. The highest BCUT2D eigenvalue weighted by molar-refractivity contribution is 7.92. The number of ether oxygens (including phenoxy) is 2. The lowest BCUT2D eigenvalue weighted by atomic mass is 10.0. The first-order chi connectivity index (χ1) is 18.7. The highest BCUT2D eigenvalue weighted by Gasteiger charge is 2.52. The van der Waals surface area contributed by atoms with Crippen molar-refractivity contribution in [3.8, 4) is 22.6 Å². The minimum Gasteiger partial charge on any atom is -0.486 e. The third kappa shape index (κ3) is 5.40. The van der Waals surface area contributed by atoms with E-state index in [1.165, 1.54) is 18.2 Å². The zero-order valence-corrected chi connectivity index (χ0v) is 20.9. The first-order valence-electron chi connectivity index (χ1n) is 11.7. The topological polar surface area (TPSA) is 93.1 Å². The molecule has 5 rings (SSSR count). The van der Waals surface area contributed by atoms with Crippen molar-refractivity contribution in [2.45, 2.75) is 30.2 Å². The van der Waals surface area contributed by atoms with Crippen LogP contribution in [0.4, 0.5) is 32.0 Å². The quantitative estimate of drug-likeness (QED) is 0.352. The van der Waals surface area contributed by atoms with Gasteiger partial charge in [-0.3, -0.25) is 9.10 Å². The maximum Gasteiger partial charge on any atom is 0.416 e. The lowest BCUT2D eigenvalue weighted by Crippen LogP contribution is -2.45. The zero-order valence-electron chi connectivity index (χ0n) is 20.1. The van der Waals surface area contributed by atoms with E-state index in [1.54, 1.807) is 0 Å². The summed E-state index contributed by atoms with van der Waals surface area (Å²) in [4.78, 5) is 10.8. The maximum atomic E-state index is 14.2. The smallest absolute Gasteiger partial charge is 0.416 e. The molecule has 1 unspecified atom stereocenters. The van der Waals surface area contributed by atoms with Crippen molar-refractivity contribution in [2.75, 3.05) is 10.8 Å². The number of benzene rings is 3. The molecule has 40 heavy (non-hydrogen) atoms. The molecule has 3 aromatic carbocycles. The zero-order chi connectivity index (χ0) is 29.0. The predicted molar refractivity (Wildman–Crippen MR) is 128 cm³/mol. The second kappa shape index (κ2) is 9.91. The van der Waals surface area contributed by atoms with Gasteiger partial charge in [-0.25, -0.2) is 12.8 Å². The van der Waals surface area contributed by atoms with Crippen molar-refractivity contribution in [1.82, 2.24) is 0 Å².